The molecule has 25 heavy (non-hydrogen) atoms. The highest BCUT2D eigenvalue weighted by Crippen LogP contribution is 2.34. The van der Waals surface area contributed by atoms with Gasteiger partial charge in [-0.25, -0.2) is 0 Å². The highest BCUT2D eigenvalue weighted by molar-refractivity contribution is 5.98. The number of benzene rings is 1. The fourth-order valence-electron chi connectivity index (χ4n) is 3.44. The number of ether oxygens (including phenoxy) is 1. The van der Waals surface area contributed by atoms with E-state index in [1.54, 1.807) is 18.1 Å². The highest BCUT2D eigenvalue weighted by Gasteiger charge is 2.24. The number of carbonyl (C=O) groups is 2. The average Bonchev–Trinajstić information content (AvgIpc) is 3.01. The van der Waals surface area contributed by atoms with Crippen molar-refractivity contribution in [2.45, 2.75) is 32.1 Å². The minimum Gasteiger partial charge on any atom is -0.494 e. The molecule has 0 spiro atoms. The Morgan fingerprint density at radius 1 is 1.36 bits per heavy atom. The third kappa shape index (κ3) is 4.86. The van der Waals surface area contributed by atoms with E-state index in [-0.39, 0.29) is 24.2 Å². The van der Waals surface area contributed by atoms with Crippen molar-refractivity contribution < 1.29 is 14.3 Å². The molecule has 3 rings (SSSR count). The van der Waals surface area contributed by atoms with Gasteiger partial charge in [0.25, 0.3) is 0 Å². The number of nitrogens with one attached hydrogen (secondary N) is 2. The number of methoxy groups -OCH3 is 1. The van der Waals surface area contributed by atoms with E-state index in [4.69, 9.17) is 4.74 Å². The number of hydrogen-bond acceptors (Lipinski definition) is 4. The van der Waals surface area contributed by atoms with Crippen molar-refractivity contribution in [2.75, 3.05) is 37.0 Å². The zero-order chi connectivity index (χ0) is 16.9. The van der Waals surface area contributed by atoms with Crippen molar-refractivity contribution >= 4 is 35.6 Å². The molecule has 0 aromatic heterocycles. The fourth-order valence-corrected chi connectivity index (χ4v) is 3.44. The third-order valence-electron chi connectivity index (χ3n) is 4.76. The summed E-state index contributed by atoms with van der Waals surface area (Å²) in [4.78, 5) is 25.9. The van der Waals surface area contributed by atoms with Crippen LogP contribution >= 0.6 is 12.4 Å². The summed E-state index contributed by atoms with van der Waals surface area (Å²) in [7, 11) is 1.58. The Labute approximate surface area is 154 Å². The molecule has 2 aliphatic heterocycles. The Morgan fingerprint density at radius 3 is 2.76 bits per heavy atom. The Kier molecular flexibility index (Phi) is 7.08. The first-order valence-electron chi connectivity index (χ1n) is 8.66. The Morgan fingerprint density at radius 2 is 2.12 bits per heavy atom. The van der Waals surface area contributed by atoms with Crippen LogP contribution in [-0.4, -0.2) is 38.6 Å². The molecular formula is C18H26ClN3O3. The molecule has 0 bridgehead atoms. The molecule has 7 heteroatoms. The minimum atomic E-state index is 0. The second-order valence-corrected chi connectivity index (χ2v) is 6.48. The highest BCUT2D eigenvalue weighted by atomic mass is 35.5. The second kappa shape index (κ2) is 9.06. The Bertz CT molecular complexity index is 618. The molecule has 6 nitrogen and oxygen atoms in total. The normalized spacial score (nSPS) is 18.0. The summed E-state index contributed by atoms with van der Waals surface area (Å²) in [6, 6.07) is 5.48. The van der Waals surface area contributed by atoms with Gasteiger partial charge in [-0.1, -0.05) is 0 Å². The van der Waals surface area contributed by atoms with Crippen LogP contribution in [0.15, 0.2) is 18.2 Å². The van der Waals surface area contributed by atoms with E-state index in [2.05, 4.69) is 10.6 Å². The van der Waals surface area contributed by atoms with E-state index in [1.807, 2.05) is 12.1 Å². The molecule has 1 aromatic rings. The zero-order valence-electron chi connectivity index (χ0n) is 14.5. The maximum atomic E-state index is 12.2. The molecule has 2 aliphatic rings. The van der Waals surface area contributed by atoms with E-state index >= 15 is 0 Å². The molecule has 2 amide bonds. The van der Waals surface area contributed by atoms with E-state index in [0.717, 1.165) is 44.6 Å². The van der Waals surface area contributed by atoms with Crippen LogP contribution in [0.2, 0.25) is 0 Å². The molecule has 2 saturated heterocycles. The lowest BCUT2D eigenvalue weighted by molar-refractivity contribution is -0.118. The number of nitrogens with zero attached hydrogens (tertiary/aromatic N) is 1. The molecule has 0 atom stereocenters. The van der Waals surface area contributed by atoms with Gasteiger partial charge in [-0.2, -0.15) is 0 Å². The summed E-state index contributed by atoms with van der Waals surface area (Å²) in [6.07, 6.45) is 4.10. The lowest BCUT2D eigenvalue weighted by Crippen LogP contribution is -2.30. The number of hydrogen-bond donors (Lipinski definition) is 2. The number of piperidine rings is 1. The summed E-state index contributed by atoms with van der Waals surface area (Å²) in [6.45, 7) is 2.70. The van der Waals surface area contributed by atoms with Crippen LogP contribution in [0.3, 0.4) is 0 Å². The first-order valence-corrected chi connectivity index (χ1v) is 8.66. The molecule has 138 valence electrons. The summed E-state index contributed by atoms with van der Waals surface area (Å²) in [5.41, 5.74) is 1.48. The number of halogens is 1. The van der Waals surface area contributed by atoms with Crippen molar-refractivity contribution in [3.63, 3.8) is 0 Å². The lowest BCUT2D eigenvalue weighted by atomic mass is 9.94. The molecule has 0 unspecified atom stereocenters. The summed E-state index contributed by atoms with van der Waals surface area (Å²) >= 11 is 0. The summed E-state index contributed by atoms with van der Waals surface area (Å²) < 4.78 is 5.42. The molecule has 2 fully saturated rings. The van der Waals surface area contributed by atoms with Crippen LogP contribution in [-0.2, 0) is 9.59 Å². The summed E-state index contributed by atoms with van der Waals surface area (Å²) in [5.74, 6) is 1.23. The third-order valence-corrected chi connectivity index (χ3v) is 4.76. The zero-order valence-corrected chi connectivity index (χ0v) is 15.4. The first kappa shape index (κ1) is 19.5. The van der Waals surface area contributed by atoms with Gasteiger partial charge in [0.1, 0.15) is 5.75 Å². The van der Waals surface area contributed by atoms with Crippen molar-refractivity contribution in [3.05, 3.63) is 18.2 Å². The van der Waals surface area contributed by atoms with Crippen LogP contribution in [0.4, 0.5) is 11.4 Å². The Balaban J connectivity index is 0.00000225. The van der Waals surface area contributed by atoms with E-state index in [0.29, 0.717) is 30.2 Å². The second-order valence-electron chi connectivity index (χ2n) is 6.48. The molecule has 2 N–H and O–H groups in total. The predicted molar refractivity (Wildman–Crippen MR) is 101 cm³/mol. The van der Waals surface area contributed by atoms with E-state index in [9.17, 15) is 9.59 Å². The molecule has 0 aliphatic carbocycles. The van der Waals surface area contributed by atoms with Crippen LogP contribution in [0, 0.1) is 5.92 Å². The largest absolute Gasteiger partial charge is 0.494 e. The topological polar surface area (TPSA) is 70.7 Å². The smallest absolute Gasteiger partial charge is 0.227 e. The molecular weight excluding hydrogens is 342 g/mol. The summed E-state index contributed by atoms with van der Waals surface area (Å²) in [5, 5.41) is 6.26. The van der Waals surface area contributed by atoms with Crippen molar-refractivity contribution in [1.29, 1.82) is 0 Å². The quantitative estimate of drug-likeness (QED) is 0.839. The van der Waals surface area contributed by atoms with Crippen LogP contribution in [0.25, 0.3) is 0 Å². The van der Waals surface area contributed by atoms with Gasteiger partial charge in [0.15, 0.2) is 0 Å². The average molecular weight is 368 g/mol. The standard InChI is InChI=1S/C18H25N3O3.ClH/c1-24-16-12-14(4-5-15(16)21-10-2-3-18(21)23)20-17(22)11-13-6-8-19-9-7-13;/h4-5,12-13,19H,2-3,6-11H2,1H3,(H,20,22);1H. The van der Waals surface area contributed by atoms with E-state index < -0.39 is 0 Å². The van der Waals surface area contributed by atoms with Gasteiger partial charge in [0.2, 0.25) is 11.8 Å². The fraction of sp³-hybridized carbons (Fsp3) is 0.556. The SMILES string of the molecule is COc1cc(NC(=O)CC2CCNCC2)ccc1N1CCCC1=O.Cl. The number of carbonyl (C=O) groups excluding carboxylic acids is 2. The van der Waals surface area contributed by atoms with Gasteiger partial charge in [-0.3, -0.25) is 9.59 Å². The first-order chi connectivity index (χ1) is 11.7. The molecule has 0 radical (unpaired) electrons. The van der Waals surface area contributed by atoms with Gasteiger partial charge in [-0.15, -0.1) is 12.4 Å². The van der Waals surface area contributed by atoms with Gasteiger partial charge in [0.05, 0.1) is 12.8 Å². The number of rotatable bonds is 5. The monoisotopic (exact) mass is 367 g/mol. The maximum absolute atomic E-state index is 12.2. The van der Waals surface area contributed by atoms with Crippen molar-refractivity contribution in [2.24, 2.45) is 5.92 Å². The van der Waals surface area contributed by atoms with Gasteiger partial charge in [-0.05, 0) is 50.4 Å². The van der Waals surface area contributed by atoms with Gasteiger partial charge < -0.3 is 20.3 Å². The number of anilines is 2. The predicted octanol–water partition coefficient (Wildman–Crippen LogP) is 2.57. The Hall–Kier alpha value is -1.79. The number of amides is 2. The molecule has 1 aromatic carbocycles. The molecule has 0 saturated carbocycles. The maximum Gasteiger partial charge on any atom is 0.227 e. The minimum absolute atomic E-state index is 0. The van der Waals surface area contributed by atoms with Gasteiger partial charge in [0, 0.05) is 31.1 Å². The van der Waals surface area contributed by atoms with Crippen molar-refractivity contribution in [1.82, 2.24) is 5.32 Å². The van der Waals surface area contributed by atoms with Crippen LogP contribution in [0.5, 0.6) is 5.75 Å². The van der Waals surface area contributed by atoms with E-state index in [1.165, 1.54) is 0 Å². The van der Waals surface area contributed by atoms with Crippen molar-refractivity contribution in [3.8, 4) is 5.75 Å². The lowest BCUT2D eigenvalue weighted by Gasteiger charge is -2.22. The van der Waals surface area contributed by atoms with Gasteiger partial charge >= 0.3 is 0 Å². The molecule has 2 heterocycles. The van der Waals surface area contributed by atoms with Crippen LogP contribution < -0.4 is 20.3 Å². The van der Waals surface area contributed by atoms with Crippen LogP contribution in [0.1, 0.15) is 32.1 Å².